The normalized spacial score (nSPS) is 11.9. The first-order valence-electron chi connectivity index (χ1n) is 7.47. The maximum absolute atomic E-state index is 12.3. The highest BCUT2D eigenvalue weighted by Crippen LogP contribution is 2.19. The molecule has 0 fully saturated rings. The van der Waals surface area contributed by atoms with E-state index in [1.165, 1.54) is 13.1 Å². The summed E-state index contributed by atoms with van der Waals surface area (Å²) >= 11 is 1.08. The lowest BCUT2D eigenvalue weighted by molar-refractivity contribution is -0.117. The van der Waals surface area contributed by atoms with Gasteiger partial charge in [0.1, 0.15) is 6.04 Å². The summed E-state index contributed by atoms with van der Waals surface area (Å²) in [6.45, 7) is 2.98. The number of nitrogens with zero attached hydrogens (tertiary/aromatic N) is 2. The summed E-state index contributed by atoms with van der Waals surface area (Å²) in [4.78, 5) is 40.2. The van der Waals surface area contributed by atoms with Gasteiger partial charge in [0.2, 0.25) is 5.91 Å². The number of hydrogen-bond donors (Lipinski definition) is 3. The van der Waals surface area contributed by atoms with Gasteiger partial charge >= 0.3 is 0 Å². The molecule has 3 N–H and O–H groups in total. The highest BCUT2D eigenvalue weighted by atomic mass is 32.1. The molecule has 0 radical (unpaired) electrons. The van der Waals surface area contributed by atoms with Crippen LogP contribution >= 0.6 is 11.3 Å². The number of thiazole rings is 1. The van der Waals surface area contributed by atoms with Crippen molar-refractivity contribution in [1.82, 2.24) is 20.5 Å². The Hall–Kier alpha value is -3.07. The molecule has 25 heavy (non-hydrogen) atoms. The Balaban J connectivity index is 1.66. The number of H-pyrrole nitrogens is 1. The highest BCUT2D eigenvalue weighted by molar-refractivity contribution is 7.17. The fourth-order valence-corrected chi connectivity index (χ4v) is 2.89. The van der Waals surface area contributed by atoms with Gasteiger partial charge in [-0.05, 0) is 13.0 Å². The van der Waals surface area contributed by atoms with E-state index in [1.807, 2.05) is 12.1 Å². The molecule has 1 aromatic carbocycles. The molecule has 9 heteroatoms. The Morgan fingerprint density at radius 1 is 1.24 bits per heavy atom. The first-order chi connectivity index (χ1) is 12.0. The quantitative estimate of drug-likeness (QED) is 0.604. The van der Waals surface area contributed by atoms with E-state index in [0.717, 1.165) is 16.9 Å². The minimum Gasteiger partial charge on any atom is -0.339 e. The number of nitrogens with one attached hydrogen (secondary N) is 3. The summed E-state index contributed by atoms with van der Waals surface area (Å²) in [5, 5.41) is 12.9. The predicted octanol–water partition coefficient (Wildman–Crippen LogP) is 1.98. The van der Waals surface area contributed by atoms with Gasteiger partial charge in [-0.15, -0.1) is 0 Å². The number of benzene rings is 1. The smallest absolute Gasteiger partial charge is 0.273 e. The van der Waals surface area contributed by atoms with Gasteiger partial charge in [0.25, 0.3) is 5.91 Å². The van der Waals surface area contributed by atoms with Gasteiger partial charge in [0.15, 0.2) is 16.6 Å². The number of carbonyl (C=O) groups is 3. The minimum atomic E-state index is -0.798. The van der Waals surface area contributed by atoms with Crippen LogP contribution in [0.3, 0.4) is 0 Å². The molecule has 0 aliphatic carbocycles. The third kappa shape index (κ3) is 3.56. The maximum Gasteiger partial charge on any atom is 0.273 e. The van der Waals surface area contributed by atoms with Crippen LogP contribution in [-0.4, -0.2) is 38.8 Å². The van der Waals surface area contributed by atoms with Gasteiger partial charge < -0.3 is 10.6 Å². The zero-order valence-electron chi connectivity index (χ0n) is 13.5. The monoisotopic (exact) mass is 357 g/mol. The predicted molar refractivity (Wildman–Crippen MR) is 93.8 cm³/mol. The van der Waals surface area contributed by atoms with Crippen molar-refractivity contribution in [2.24, 2.45) is 0 Å². The largest absolute Gasteiger partial charge is 0.339 e. The van der Waals surface area contributed by atoms with Crippen LogP contribution in [0, 0.1) is 0 Å². The second kappa shape index (κ2) is 6.81. The van der Waals surface area contributed by atoms with E-state index in [2.05, 4.69) is 25.8 Å². The zero-order valence-corrected chi connectivity index (χ0v) is 14.3. The van der Waals surface area contributed by atoms with Gasteiger partial charge in [-0.2, -0.15) is 5.10 Å². The zero-order chi connectivity index (χ0) is 18.0. The molecule has 0 bridgehead atoms. The number of aromatic amines is 1. The molecule has 8 nitrogen and oxygen atoms in total. The molecular formula is C16H15N5O3S. The molecule has 2 aromatic heterocycles. The molecule has 3 aromatic rings. The van der Waals surface area contributed by atoms with Gasteiger partial charge in [0.05, 0.1) is 16.6 Å². The summed E-state index contributed by atoms with van der Waals surface area (Å²) in [6, 6.07) is 6.43. The van der Waals surface area contributed by atoms with Crippen molar-refractivity contribution in [1.29, 1.82) is 0 Å². The van der Waals surface area contributed by atoms with Gasteiger partial charge in [-0.3, -0.25) is 19.5 Å². The number of amides is 2. The number of Topliss-reactive ketones (excluding diaryl/α,β-unsaturated/α-hetero) is 1. The lowest BCUT2D eigenvalue weighted by Crippen LogP contribution is -2.41. The van der Waals surface area contributed by atoms with Crippen LogP contribution in [0.25, 0.3) is 10.9 Å². The average molecular weight is 357 g/mol. The number of carbonyl (C=O) groups excluding carboxylic acids is 3. The number of para-hydroxylation sites is 1. The Kier molecular flexibility index (Phi) is 4.57. The van der Waals surface area contributed by atoms with Crippen LogP contribution in [-0.2, 0) is 4.79 Å². The second-order valence-electron chi connectivity index (χ2n) is 5.39. The number of aromatic nitrogens is 3. The van der Waals surface area contributed by atoms with Crippen LogP contribution in [0.1, 0.15) is 34.0 Å². The molecule has 0 aliphatic rings. The van der Waals surface area contributed by atoms with Crippen LogP contribution in [0.2, 0.25) is 0 Å². The fraction of sp³-hybridized carbons (Fsp3) is 0.188. The van der Waals surface area contributed by atoms with Crippen LogP contribution < -0.4 is 10.6 Å². The van der Waals surface area contributed by atoms with E-state index in [-0.39, 0.29) is 11.5 Å². The highest BCUT2D eigenvalue weighted by Gasteiger charge is 2.21. The van der Waals surface area contributed by atoms with E-state index in [9.17, 15) is 14.4 Å². The first kappa shape index (κ1) is 16.8. The Labute approximate surface area is 146 Å². The average Bonchev–Trinajstić information content (AvgIpc) is 3.21. The Morgan fingerprint density at radius 3 is 2.72 bits per heavy atom. The van der Waals surface area contributed by atoms with E-state index in [0.29, 0.717) is 15.4 Å². The van der Waals surface area contributed by atoms with Gasteiger partial charge in [0, 0.05) is 12.3 Å². The van der Waals surface area contributed by atoms with E-state index >= 15 is 0 Å². The van der Waals surface area contributed by atoms with Crippen molar-refractivity contribution in [3.8, 4) is 0 Å². The molecule has 2 heterocycles. The van der Waals surface area contributed by atoms with Crippen molar-refractivity contribution in [3.63, 3.8) is 0 Å². The molecule has 0 saturated heterocycles. The molecule has 0 spiro atoms. The van der Waals surface area contributed by atoms with Crippen molar-refractivity contribution in [2.45, 2.75) is 19.9 Å². The molecule has 1 atom stereocenters. The van der Waals surface area contributed by atoms with Crippen LogP contribution in [0.15, 0.2) is 30.5 Å². The number of rotatable bonds is 5. The topological polar surface area (TPSA) is 117 Å². The number of anilines is 1. The molecular weight excluding hydrogens is 342 g/mol. The summed E-state index contributed by atoms with van der Waals surface area (Å²) in [5.74, 6) is -1.01. The standard InChI is InChI=1S/C16H15N5O3S/c1-8(14(23)19-16-17-7-12(25-16)9(2)22)18-15(24)13-10-5-3-4-6-11(10)20-21-13/h3-8H,1-2H3,(H,18,24)(H,20,21)(H,17,19,23). The van der Waals surface area contributed by atoms with E-state index in [1.54, 1.807) is 19.1 Å². The SMILES string of the molecule is CC(=O)c1cnc(NC(=O)C(C)NC(=O)c2n[nH]c3ccccc23)s1. The van der Waals surface area contributed by atoms with E-state index in [4.69, 9.17) is 0 Å². The first-order valence-corrected chi connectivity index (χ1v) is 8.29. The molecule has 128 valence electrons. The summed E-state index contributed by atoms with van der Waals surface area (Å²) in [6.07, 6.45) is 1.40. The third-order valence-electron chi connectivity index (χ3n) is 3.51. The summed E-state index contributed by atoms with van der Waals surface area (Å²) in [5.41, 5.74) is 0.965. The van der Waals surface area contributed by atoms with Gasteiger partial charge in [-0.1, -0.05) is 29.5 Å². The lowest BCUT2D eigenvalue weighted by Gasteiger charge is -2.12. The lowest BCUT2D eigenvalue weighted by atomic mass is 10.2. The number of hydrogen-bond acceptors (Lipinski definition) is 6. The molecule has 1 unspecified atom stereocenters. The third-order valence-corrected chi connectivity index (χ3v) is 4.52. The number of ketones is 1. The van der Waals surface area contributed by atoms with Crippen LogP contribution in [0.4, 0.5) is 5.13 Å². The Bertz CT molecular complexity index is 961. The second-order valence-corrected chi connectivity index (χ2v) is 6.42. The van der Waals surface area contributed by atoms with Crippen molar-refractivity contribution >= 4 is 45.0 Å². The minimum absolute atomic E-state index is 0.121. The summed E-state index contributed by atoms with van der Waals surface area (Å²) in [7, 11) is 0. The van der Waals surface area contributed by atoms with Gasteiger partial charge in [-0.25, -0.2) is 4.98 Å². The van der Waals surface area contributed by atoms with Crippen molar-refractivity contribution < 1.29 is 14.4 Å². The molecule has 2 amide bonds. The fourth-order valence-electron chi connectivity index (χ4n) is 2.18. The van der Waals surface area contributed by atoms with Crippen molar-refractivity contribution in [2.75, 3.05) is 5.32 Å². The van der Waals surface area contributed by atoms with Crippen molar-refractivity contribution in [3.05, 3.63) is 41.0 Å². The summed E-state index contributed by atoms with van der Waals surface area (Å²) < 4.78 is 0. The number of fused-ring (bicyclic) bond motifs is 1. The molecule has 0 saturated carbocycles. The maximum atomic E-state index is 12.3. The Morgan fingerprint density at radius 2 is 2.00 bits per heavy atom. The van der Waals surface area contributed by atoms with Crippen LogP contribution in [0.5, 0.6) is 0 Å². The molecule has 3 rings (SSSR count). The van der Waals surface area contributed by atoms with E-state index < -0.39 is 17.9 Å². The molecule has 0 aliphatic heterocycles.